The van der Waals surface area contributed by atoms with Crippen molar-refractivity contribution in [2.75, 3.05) is 13.6 Å². The van der Waals surface area contributed by atoms with Crippen LogP contribution in [-0.2, 0) is 14.4 Å². The maximum atomic E-state index is 12.4. The van der Waals surface area contributed by atoms with E-state index in [4.69, 9.17) is 0 Å². The van der Waals surface area contributed by atoms with E-state index in [-0.39, 0.29) is 35.9 Å². The van der Waals surface area contributed by atoms with Crippen LogP contribution in [-0.4, -0.2) is 60.9 Å². The number of likely N-dealkylation sites (N-methyl/N-ethyl adjacent to an activating group) is 1. The van der Waals surface area contributed by atoms with Crippen molar-refractivity contribution >= 4 is 30.3 Å². The van der Waals surface area contributed by atoms with Crippen LogP contribution in [0.15, 0.2) is 24.3 Å². The van der Waals surface area contributed by atoms with Gasteiger partial charge in [-0.3, -0.25) is 19.3 Å². The van der Waals surface area contributed by atoms with Crippen LogP contribution in [0.4, 0.5) is 0 Å². The molecule has 2 rings (SSSR count). The SMILES string of the molecule is CNC(C=O)CCCNC(=O)CCC(C=O)N1C(=O)c2ccccc2C1=O. The molecule has 144 valence electrons. The Kier molecular flexibility index (Phi) is 7.36. The first kappa shape index (κ1) is 20.4. The van der Waals surface area contributed by atoms with Crippen LogP contribution in [0.3, 0.4) is 0 Å². The van der Waals surface area contributed by atoms with Crippen molar-refractivity contribution in [1.82, 2.24) is 15.5 Å². The summed E-state index contributed by atoms with van der Waals surface area (Å²) in [7, 11) is 1.69. The van der Waals surface area contributed by atoms with Crippen LogP contribution in [0, 0.1) is 0 Å². The van der Waals surface area contributed by atoms with Crippen molar-refractivity contribution in [3.63, 3.8) is 0 Å². The first-order chi connectivity index (χ1) is 13.0. The number of aldehydes is 2. The van der Waals surface area contributed by atoms with Gasteiger partial charge in [-0.1, -0.05) is 12.1 Å². The number of hydrogen-bond acceptors (Lipinski definition) is 6. The largest absolute Gasteiger partial charge is 0.356 e. The van der Waals surface area contributed by atoms with Gasteiger partial charge >= 0.3 is 0 Å². The molecule has 1 aromatic rings. The first-order valence-electron chi connectivity index (χ1n) is 8.85. The van der Waals surface area contributed by atoms with Gasteiger partial charge in [0.05, 0.1) is 23.2 Å². The summed E-state index contributed by atoms with van der Waals surface area (Å²) in [6.45, 7) is 0.406. The van der Waals surface area contributed by atoms with Gasteiger partial charge < -0.3 is 20.2 Å². The van der Waals surface area contributed by atoms with Gasteiger partial charge in [0.2, 0.25) is 5.91 Å². The van der Waals surface area contributed by atoms with Crippen molar-refractivity contribution in [3.8, 4) is 0 Å². The first-order valence-corrected chi connectivity index (χ1v) is 8.85. The summed E-state index contributed by atoms with van der Waals surface area (Å²) >= 11 is 0. The Morgan fingerprint density at radius 3 is 2.22 bits per heavy atom. The van der Waals surface area contributed by atoms with E-state index in [9.17, 15) is 24.0 Å². The van der Waals surface area contributed by atoms with E-state index in [0.29, 0.717) is 25.7 Å². The Balaban J connectivity index is 1.83. The van der Waals surface area contributed by atoms with E-state index in [1.165, 1.54) is 0 Å². The molecule has 27 heavy (non-hydrogen) atoms. The highest BCUT2D eigenvalue weighted by atomic mass is 16.2. The lowest BCUT2D eigenvalue weighted by molar-refractivity contribution is -0.121. The number of amides is 3. The summed E-state index contributed by atoms with van der Waals surface area (Å²) in [5.74, 6) is -1.30. The predicted molar refractivity (Wildman–Crippen MR) is 97.2 cm³/mol. The van der Waals surface area contributed by atoms with Crippen molar-refractivity contribution in [2.45, 2.75) is 37.8 Å². The van der Waals surface area contributed by atoms with Crippen LogP contribution in [0.25, 0.3) is 0 Å². The van der Waals surface area contributed by atoms with Gasteiger partial charge in [-0.15, -0.1) is 0 Å². The maximum Gasteiger partial charge on any atom is 0.262 e. The molecule has 1 aliphatic heterocycles. The average molecular weight is 373 g/mol. The molecule has 2 unspecified atom stereocenters. The molecule has 0 fully saturated rings. The Bertz CT molecular complexity index is 699. The lowest BCUT2D eigenvalue weighted by Crippen LogP contribution is -2.41. The number of benzene rings is 1. The van der Waals surface area contributed by atoms with Crippen molar-refractivity contribution in [3.05, 3.63) is 35.4 Å². The fourth-order valence-electron chi connectivity index (χ4n) is 2.96. The lowest BCUT2D eigenvalue weighted by Gasteiger charge is -2.21. The van der Waals surface area contributed by atoms with E-state index in [2.05, 4.69) is 10.6 Å². The number of hydrogen-bond donors (Lipinski definition) is 2. The molecule has 8 heteroatoms. The number of nitrogens with one attached hydrogen (secondary N) is 2. The normalized spacial score (nSPS) is 15.2. The third-order valence-corrected chi connectivity index (χ3v) is 4.53. The van der Waals surface area contributed by atoms with Gasteiger partial charge in [-0.2, -0.15) is 0 Å². The standard InChI is InChI=1S/C19H23N3O5/c1-20-13(11-23)5-4-10-21-17(25)9-8-14(12-24)22-18(26)15-6-2-3-7-16(15)19(22)27/h2-3,6-7,11-14,20H,4-5,8-10H2,1H3,(H,21,25). The Hall–Kier alpha value is -2.87. The number of carbonyl (C=O) groups excluding carboxylic acids is 5. The second-order valence-corrected chi connectivity index (χ2v) is 6.29. The zero-order valence-corrected chi connectivity index (χ0v) is 15.1. The Labute approximate surface area is 157 Å². The molecule has 0 saturated carbocycles. The van der Waals surface area contributed by atoms with E-state index in [1.54, 1.807) is 31.3 Å². The summed E-state index contributed by atoms with van der Waals surface area (Å²) in [4.78, 5) is 59.8. The Morgan fingerprint density at radius 1 is 1.07 bits per heavy atom. The van der Waals surface area contributed by atoms with Crippen molar-refractivity contribution < 1.29 is 24.0 Å². The molecule has 0 bridgehead atoms. The molecule has 1 aliphatic rings. The highest BCUT2D eigenvalue weighted by Gasteiger charge is 2.39. The predicted octanol–water partition coefficient (Wildman–Crippen LogP) is 0.314. The van der Waals surface area contributed by atoms with Crippen LogP contribution >= 0.6 is 0 Å². The molecule has 0 aromatic heterocycles. The Morgan fingerprint density at radius 2 is 1.70 bits per heavy atom. The quantitative estimate of drug-likeness (QED) is 0.328. The van der Waals surface area contributed by atoms with Crippen molar-refractivity contribution in [2.24, 2.45) is 0 Å². The average Bonchev–Trinajstić information content (AvgIpc) is 2.94. The second kappa shape index (κ2) is 9.72. The third kappa shape index (κ3) is 4.85. The molecule has 0 aliphatic carbocycles. The van der Waals surface area contributed by atoms with Crippen molar-refractivity contribution in [1.29, 1.82) is 0 Å². The number of nitrogens with zero attached hydrogens (tertiary/aromatic N) is 1. The summed E-state index contributed by atoms with van der Waals surface area (Å²) < 4.78 is 0. The minimum atomic E-state index is -0.980. The summed E-state index contributed by atoms with van der Waals surface area (Å²) in [5.41, 5.74) is 0.543. The van der Waals surface area contributed by atoms with Gasteiger partial charge in [0, 0.05) is 13.0 Å². The van der Waals surface area contributed by atoms with Crippen LogP contribution in [0.5, 0.6) is 0 Å². The van der Waals surface area contributed by atoms with Gasteiger partial charge in [0.1, 0.15) is 12.6 Å². The van der Waals surface area contributed by atoms with E-state index in [1.807, 2.05) is 0 Å². The number of rotatable bonds is 11. The molecule has 0 radical (unpaired) electrons. The minimum Gasteiger partial charge on any atom is -0.356 e. The highest BCUT2D eigenvalue weighted by molar-refractivity contribution is 6.22. The molecule has 0 saturated heterocycles. The van der Waals surface area contributed by atoms with Gasteiger partial charge in [-0.05, 0) is 38.4 Å². The molecule has 0 spiro atoms. The lowest BCUT2D eigenvalue weighted by atomic mass is 10.1. The minimum absolute atomic E-state index is 0.0138. The zero-order valence-electron chi connectivity index (χ0n) is 15.1. The molecule has 3 amide bonds. The third-order valence-electron chi connectivity index (χ3n) is 4.53. The smallest absolute Gasteiger partial charge is 0.262 e. The van der Waals surface area contributed by atoms with E-state index >= 15 is 0 Å². The second-order valence-electron chi connectivity index (χ2n) is 6.29. The topological polar surface area (TPSA) is 113 Å². The molecule has 1 aromatic carbocycles. The molecule has 2 atom stereocenters. The fourth-order valence-corrected chi connectivity index (χ4v) is 2.96. The number of imide groups is 1. The van der Waals surface area contributed by atoms with Gasteiger partial charge in [0.15, 0.2) is 0 Å². The van der Waals surface area contributed by atoms with Gasteiger partial charge in [-0.25, -0.2) is 0 Å². The summed E-state index contributed by atoms with van der Waals surface area (Å²) in [5, 5.41) is 5.55. The molecule has 1 heterocycles. The summed E-state index contributed by atoms with van der Waals surface area (Å²) in [6.07, 6.45) is 2.65. The zero-order chi connectivity index (χ0) is 19.8. The monoisotopic (exact) mass is 373 g/mol. The number of fused-ring (bicyclic) bond motifs is 1. The van der Waals surface area contributed by atoms with Gasteiger partial charge in [0.25, 0.3) is 11.8 Å². The molecular formula is C19H23N3O5. The van der Waals surface area contributed by atoms with E-state index < -0.39 is 17.9 Å². The summed E-state index contributed by atoms with van der Waals surface area (Å²) in [6, 6.07) is 5.17. The number of carbonyl (C=O) groups is 5. The molecule has 8 nitrogen and oxygen atoms in total. The van der Waals surface area contributed by atoms with Crippen LogP contribution in [0.1, 0.15) is 46.4 Å². The maximum absolute atomic E-state index is 12.4. The van der Waals surface area contributed by atoms with Crippen LogP contribution < -0.4 is 10.6 Å². The highest BCUT2D eigenvalue weighted by Crippen LogP contribution is 2.25. The van der Waals surface area contributed by atoms with Crippen LogP contribution in [0.2, 0.25) is 0 Å². The van der Waals surface area contributed by atoms with E-state index in [0.717, 1.165) is 11.2 Å². The molecular weight excluding hydrogens is 350 g/mol. The molecule has 2 N–H and O–H groups in total. The fraction of sp³-hybridized carbons (Fsp3) is 0.421.